The molecule has 0 bridgehead atoms. The molecule has 0 spiro atoms. The lowest BCUT2D eigenvalue weighted by Crippen LogP contribution is -2.41. The van der Waals surface area contributed by atoms with Gasteiger partial charge in [-0.15, -0.1) is 0 Å². The highest BCUT2D eigenvalue weighted by atomic mass is 16.5. The van der Waals surface area contributed by atoms with Crippen LogP contribution in [0.2, 0.25) is 0 Å². The van der Waals surface area contributed by atoms with Gasteiger partial charge in [0.2, 0.25) is 0 Å². The Labute approximate surface area is 158 Å². The van der Waals surface area contributed by atoms with Crippen LogP contribution in [0.25, 0.3) is 11.1 Å². The zero-order valence-electron chi connectivity index (χ0n) is 15.3. The summed E-state index contributed by atoms with van der Waals surface area (Å²) in [5.41, 5.74) is 5.28. The third-order valence-corrected chi connectivity index (χ3v) is 4.93. The Hall–Kier alpha value is -3.08. The van der Waals surface area contributed by atoms with Gasteiger partial charge in [-0.1, -0.05) is 67.6 Å². The highest BCUT2D eigenvalue weighted by molar-refractivity contribution is 5.81. The van der Waals surface area contributed by atoms with E-state index in [0.717, 1.165) is 27.8 Å². The first kappa shape index (κ1) is 18.7. The number of carboxylic acid groups (broad SMARTS) is 1. The minimum absolute atomic E-state index is 0.0583. The number of hydrogen-bond acceptors (Lipinski definition) is 3. The molecule has 0 saturated heterocycles. The van der Waals surface area contributed by atoms with E-state index in [9.17, 15) is 14.7 Å². The third kappa shape index (κ3) is 4.03. The second kappa shape index (κ2) is 8.08. The Bertz CT molecular complexity index is 829. The van der Waals surface area contributed by atoms with Gasteiger partial charge in [0.1, 0.15) is 12.6 Å². The normalized spacial score (nSPS) is 13.4. The van der Waals surface area contributed by atoms with Gasteiger partial charge < -0.3 is 15.2 Å². The smallest absolute Gasteiger partial charge is 0.407 e. The van der Waals surface area contributed by atoms with Crippen molar-refractivity contribution in [1.29, 1.82) is 0 Å². The van der Waals surface area contributed by atoms with Crippen molar-refractivity contribution >= 4 is 12.1 Å². The predicted octanol–water partition coefficient (Wildman–Crippen LogP) is 4.33. The van der Waals surface area contributed by atoms with Gasteiger partial charge in [-0.3, -0.25) is 0 Å². The van der Waals surface area contributed by atoms with Crippen LogP contribution in [0.15, 0.2) is 60.7 Å². The van der Waals surface area contributed by atoms with Crippen molar-refractivity contribution in [3.63, 3.8) is 0 Å². The van der Waals surface area contributed by atoms with E-state index in [-0.39, 0.29) is 18.9 Å². The summed E-state index contributed by atoms with van der Waals surface area (Å²) in [7, 11) is 0. The summed E-state index contributed by atoms with van der Waals surface area (Å²) in [5.74, 6) is -1.16. The monoisotopic (exact) mass is 365 g/mol. The van der Waals surface area contributed by atoms with Crippen molar-refractivity contribution in [2.24, 2.45) is 0 Å². The van der Waals surface area contributed by atoms with Crippen molar-refractivity contribution in [1.82, 2.24) is 5.32 Å². The third-order valence-electron chi connectivity index (χ3n) is 4.93. The van der Waals surface area contributed by atoms with Gasteiger partial charge in [-0.2, -0.15) is 0 Å². The number of aliphatic carboxylic acids is 1. The summed E-state index contributed by atoms with van der Waals surface area (Å²) in [5, 5.41) is 11.7. The summed E-state index contributed by atoms with van der Waals surface area (Å²) in [6, 6.07) is 15.1. The second-order valence-electron chi connectivity index (χ2n) is 6.67. The van der Waals surface area contributed by atoms with Crippen molar-refractivity contribution in [2.45, 2.75) is 31.7 Å². The van der Waals surface area contributed by atoms with E-state index in [0.29, 0.717) is 6.42 Å². The summed E-state index contributed by atoms with van der Waals surface area (Å²) >= 11 is 0. The molecular formula is C22H23NO4. The van der Waals surface area contributed by atoms with Crippen LogP contribution in [-0.2, 0) is 9.53 Å². The van der Waals surface area contributed by atoms with E-state index in [4.69, 9.17) is 4.74 Å². The van der Waals surface area contributed by atoms with Crippen LogP contribution in [0.3, 0.4) is 0 Å². The Morgan fingerprint density at radius 2 is 1.67 bits per heavy atom. The first-order valence-corrected chi connectivity index (χ1v) is 9.02. The van der Waals surface area contributed by atoms with E-state index in [1.165, 1.54) is 0 Å². The maximum absolute atomic E-state index is 12.2. The first-order chi connectivity index (χ1) is 13.0. The molecule has 1 aliphatic rings. The van der Waals surface area contributed by atoms with Gasteiger partial charge in [0.15, 0.2) is 0 Å². The molecule has 2 aromatic rings. The molecule has 0 aliphatic heterocycles. The number of carboxylic acids is 1. The number of carbonyl (C=O) groups is 2. The first-order valence-electron chi connectivity index (χ1n) is 9.02. The van der Waals surface area contributed by atoms with Crippen LogP contribution in [0.5, 0.6) is 0 Å². The molecule has 3 rings (SSSR count). The minimum atomic E-state index is -1.10. The lowest BCUT2D eigenvalue weighted by atomic mass is 9.98. The molecule has 0 saturated carbocycles. The second-order valence-corrected chi connectivity index (χ2v) is 6.67. The molecule has 2 aromatic carbocycles. The fourth-order valence-electron chi connectivity index (χ4n) is 3.42. The van der Waals surface area contributed by atoms with E-state index < -0.39 is 18.1 Å². The molecular weight excluding hydrogens is 342 g/mol. The van der Waals surface area contributed by atoms with Crippen LogP contribution >= 0.6 is 0 Å². The summed E-state index contributed by atoms with van der Waals surface area (Å²) < 4.78 is 5.39. The predicted molar refractivity (Wildman–Crippen MR) is 104 cm³/mol. The summed E-state index contributed by atoms with van der Waals surface area (Å²) in [4.78, 5) is 23.5. The van der Waals surface area contributed by atoms with Gasteiger partial charge in [0, 0.05) is 5.92 Å². The van der Waals surface area contributed by atoms with Crippen molar-refractivity contribution in [2.75, 3.05) is 6.61 Å². The van der Waals surface area contributed by atoms with Gasteiger partial charge in [0.05, 0.1) is 0 Å². The molecule has 1 atom stereocenters. The van der Waals surface area contributed by atoms with Gasteiger partial charge in [0.25, 0.3) is 0 Å². The van der Waals surface area contributed by atoms with E-state index in [1.54, 1.807) is 0 Å². The fourth-order valence-corrected chi connectivity index (χ4v) is 3.42. The van der Waals surface area contributed by atoms with Gasteiger partial charge in [-0.05, 0) is 35.1 Å². The molecule has 5 nitrogen and oxygen atoms in total. The maximum atomic E-state index is 12.2. The highest BCUT2D eigenvalue weighted by Crippen LogP contribution is 2.44. The molecule has 1 unspecified atom stereocenters. The Morgan fingerprint density at radius 3 is 2.19 bits per heavy atom. The molecule has 1 aliphatic carbocycles. The average molecular weight is 365 g/mol. The van der Waals surface area contributed by atoms with Gasteiger partial charge in [-0.25, -0.2) is 9.59 Å². The molecule has 2 N–H and O–H groups in total. The number of carbonyl (C=O) groups excluding carboxylic acids is 1. The zero-order chi connectivity index (χ0) is 19.4. The Morgan fingerprint density at radius 1 is 1.11 bits per heavy atom. The van der Waals surface area contributed by atoms with Gasteiger partial charge >= 0.3 is 12.1 Å². The number of amides is 1. The standard InChI is InChI=1S/C22H23NO4/c1-3-14(2)12-20(21(24)25)23-22(26)27-13-19-17-10-6-4-8-15(17)16-9-5-7-11-18(16)19/h4-11,19-20H,2-3,12-13H2,1H3,(H,23,26)(H,24,25). The number of ether oxygens (including phenoxy) is 1. The minimum Gasteiger partial charge on any atom is -0.480 e. The van der Waals surface area contributed by atoms with Crippen molar-refractivity contribution in [3.8, 4) is 11.1 Å². The number of alkyl carbamates (subject to hydrolysis) is 1. The molecule has 0 aromatic heterocycles. The molecule has 27 heavy (non-hydrogen) atoms. The molecule has 140 valence electrons. The largest absolute Gasteiger partial charge is 0.480 e. The quantitative estimate of drug-likeness (QED) is 0.716. The van der Waals surface area contributed by atoms with E-state index in [2.05, 4.69) is 24.0 Å². The zero-order valence-corrected chi connectivity index (χ0v) is 15.3. The summed E-state index contributed by atoms with van der Waals surface area (Å²) in [6.07, 6.45) is 0.125. The molecule has 0 fully saturated rings. The number of nitrogens with one attached hydrogen (secondary N) is 1. The highest BCUT2D eigenvalue weighted by Gasteiger charge is 2.29. The van der Waals surface area contributed by atoms with Crippen LogP contribution < -0.4 is 5.32 Å². The van der Waals surface area contributed by atoms with Crippen LogP contribution in [0.1, 0.15) is 36.8 Å². The lowest BCUT2D eigenvalue weighted by molar-refractivity contribution is -0.139. The Balaban J connectivity index is 1.68. The van der Waals surface area contributed by atoms with E-state index >= 15 is 0 Å². The van der Waals surface area contributed by atoms with Crippen LogP contribution in [0.4, 0.5) is 4.79 Å². The molecule has 0 heterocycles. The number of benzene rings is 2. The maximum Gasteiger partial charge on any atom is 0.407 e. The fraction of sp³-hybridized carbons (Fsp3) is 0.273. The lowest BCUT2D eigenvalue weighted by Gasteiger charge is -2.18. The Kier molecular flexibility index (Phi) is 5.60. The van der Waals surface area contributed by atoms with E-state index in [1.807, 2.05) is 43.3 Å². The van der Waals surface area contributed by atoms with Crippen LogP contribution in [0, 0.1) is 0 Å². The van der Waals surface area contributed by atoms with Crippen LogP contribution in [-0.4, -0.2) is 29.8 Å². The number of rotatable bonds is 7. The van der Waals surface area contributed by atoms with Crippen molar-refractivity contribution in [3.05, 3.63) is 71.8 Å². The average Bonchev–Trinajstić information content (AvgIpc) is 2.99. The number of fused-ring (bicyclic) bond motifs is 3. The van der Waals surface area contributed by atoms with Crippen molar-refractivity contribution < 1.29 is 19.4 Å². The molecule has 1 amide bonds. The SMILES string of the molecule is C=C(CC)CC(NC(=O)OCC1c2ccccc2-c2ccccc21)C(=O)O. The number of hydrogen-bond donors (Lipinski definition) is 2. The summed E-state index contributed by atoms with van der Waals surface area (Å²) in [6.45, 7) is 5.86. The topological polar surface area (TPSA) is 75.6 Å². The molecule has 5 heteroatoms. The molecule has 0 radical (unpaired) electrons.